The van der Waals surface area contributed by atoms with Crippen molar-refractivity contribution in [2.45, 2.75) is 19.8 Å². The van der Waals surface area contributed by atoms with E-state index in [9.17, 15) is 0 Å². The lowest BCUT2D eigenvalue weighted by molar-refractivity contribution is 0.187. The van der Waals surface area contributed by atoms with Crippen LogP contribution >= 0.6 is 0 Å². The summed E-state index contributed by atoms with van der Waals surface area (Å²) in [5.74, 6) is 2.28. The van der Waals surface area contributed by atoms with E-state index in [1.54, 1.807) is 6.20 Å². The monoisotopic (exact) mass is 236 g/mol. The van der Waals surface area contributed by atoms with E-state index in [0.717, 1.165) is 50.8 Å². The molecule has 0 aromatic carbocycles. The first-order chi connectivity index (χ1) is 8.40. The van der Waals surface area contributed by atoms with E-state index in [1.165, 1.54) is 0 Å². The number of nitrogens with zero attached hydrogens (tertiary/aromatic N) is 1. The van der Waals surface area contributed by atoms with E-state index >= 15 is 0 Å². The van der Waals surface area contributed by atoms with Crippen LogP contribution < -0.4 is 10.1 Å². The van der Waals surface area contributed by atoms with E-state index in [-0.39, 0.29) is 0 Å². The van der Waals surface area contributed by atoms with Gasteiger partial charge in [0.05, 0.1) is 13.2 Å². The molecule has 1 atom stereocenters. The van der Waals surface area contributed by atoms with Crippen LogP contribution in [0.25, 0.3) is 0 Å². The summed E-state index contributed by atoms with van der Waals surface area (Å²) < 4.78 is 11.0. The Labute approximate surface area is 102 Å². The molecule has 4 nitrogen and oxygen atoms in total. The number of aromatic nitrogens is 1. The molecule has 1 fully saturated rings. The molecule has 0 aliphatic carbocycles. The Hall–Kier alpha value is -1.29. The van der Waals surface area contributed by atoms with Crippen LogP contribution in [0.2, 0.25) is 0 Å². The number of ether oxygens (including phenoxy) is 2. The van der Waals surface area contributed by atoms with Gasteiger partial charge in [0.15, 0.2) is 11.6 Å². The predicted octanol–water partition coefficient (Wildman–Crippen LogP) is 2.32. The summed E-state index contributed by atoms with van der Waals surface area (Å²) in [7, 11) is 0. The molecule has 17 heavy (non-hydrogen) atoms. The van der Waals surface area contributed by atoms with Crippen LogP contribution in [-0.2, 0) is 4.74 Å². The van der Waals surface area contributed by atoms with E-state index < -0.39 is 0 Å². The number of hydrogen-bond acceptors (Lipinski definition) is 4. The van der Waals surface area contributed by atoms with Crippen molar-refractivity contribution in [3.05, 3.63) is 18.3 Å². The first-order valence-corrected chi connectivity index (χ1v) is 6.29. The highest BCUT2D eigenvalue weighted by Gasteiger charge is 2.16. The Morgan fingerprint density at radius 2 is 2.53 bits per heavy atom. The van der Waals surface area contributed by atoms with Crippen molar-refractivity contribution >= 4 is 5.82 Å². The molecular formula is C13H20N2O2. The fourth-order valence-electron chi connectivity index (χ4n) is 1.84. The van der Waals surface area contributed by atoms with Crippen molar-refractivity contribution in [2.75, 3.05) is 31.7 Å². The number of hydrogen-bond donors (Lipinski definition) is 1. The predicted molar refractivity (Wildman–Crippen MR) is 67.4 cm³/mol. The largest absolute Gasteiger partial charge is 0.490 e. The number of nitrogens with one attached hydrogen (secondary N) is 1. The van der Waals surface area contributed by atoms with Crippen molar-refractivity contribution in [1.29, 1.82) is 0 Å². The Morgan fingerprint density at radius 1 is 1.59 bits per heavy atom. The molecular weight excluding hydrogens is 216 g/mol. The van der Waals surface area contributed by atoms with Gasteiger partial charge >= 0.3 is 0 Å². The lowest BCUT2D eigenvalue weighted by Gasteiger charge is -2.13. The summed E-state index contributed by atoms with van der Waals surface area (Å²) >= 11 is 0. The maximum absolute atomic E-state index is 5.65. The van der Waals surface area contributed by atoms with Gasteiger partial charge in [-0.05, 0) is 25.0 Å². The molecule has 1 N–H and O–H groups in total. The molecule has 2 rings (SSSR count). The summed E-state index contributed by atoms with van der Waals surface area (Å²) in [6, 6.07) is 3.85. The highest BCUT2D eigenvalue weighted by Crippen LogP contribution is 2.22. The van der Waals surface area contributed by atoms with Crippen molar-refractivity contribution in [3.63, 3.8) is 0 Å². The molecule has 1 aliphatic heterocycles. The number of anilines is 1. The lowest BCUT2D eigenvalue weighted by atomic mass is 10.1. The first-order valence-electron chi connectivity index (χ1n) is 6.29. The fourth-order valence-corrected chi connectivity index (χ4v) is 1.84. The van der Waals surface area contributed by atoms with Gasteiger partial charge in [-0.1, -0.05) is 6.92 Å². The molecule has 4 heteroatoms. The molecule has 2 heterocycles. The average molecular weight is 236 g/mol. The molecule has 0 radical (unpaired) electrons. The van der Waals surface area contributed by atoms with Crippen molar-refractivity contribution in [1.82, 2.24) is 4.98 Å². The first kappa shape index (κ1) is 12.2. The van der Waals surface area contributed by atoms with Crippen LogP contribution in [-0.4, -0.2) is 31.3 Å². The lowest BCUT2D eigenvalue weighted by Crippen LogP contribution is -2.15. The Balaban J connectivity index is 1.89. The normalized spacial score (nSPS) is 19.2. The molecule has 1 saturated heterocycles. The Kier molecular flexibility index (Phi) is 4.62. The van der Waals surface area contributed by atoms with Gasteiger partial charge < -0.3 is 14.8 Å². The summed E-state index contributed by atoms with van der Waals surface area (Å²) in [6.45, 7) is 5.46. The van der Waals surface area contributed by atoms with E-state index in [0.29, 0.717) is 5.92 Å². The second kappa shape index (κ2) is 6.45. The van der Waals surface area contributed by atoms with Gasteiger partial charge in [-0.3, -0.25) is 0 Å². The molecule has 94 valence electrons. The van der Waals surface area contributed by atoms with Crippen molar-refractivity contribution < 1.29 is 9.47 Å². The summed E-state index contributed by atoms with van der Waals surface area (Å²) in [5.41, 5.74) is 0. The Morgan fingerprint density at radius 3 is 3.29 bits per heavy atom. The zero-order chi connectivity index (χ0) is 11.9. The number of rotatable bonds is 6. The summed E-state index contributed by atoms with van der Waals surface area (Å²) in [5, 5.41) is 3.35. The molecule has 1 aromatic rings. The summed E-state index contributed by atoms with van der Waals surface area (Å²) in [4.78, 5) is 4.32. The standard InChI is InChI=1S/C13H20N2O2/c1-2-7-17-12-4-3-6-14-13(12)15-9-11-5-8-16-10-11/h3-4,6,11H,2,5,7-10H2,1H3,(H,14,15). The van der Waals surface area contributed by atoms with Crippen LogP contribution in [0.5, 0.6) is 5.75 Å². The van der Waals surface area contributed by atoms with Crippen molar-refractivity contribution in [3.8, 4) is 5.75 Å². The highest BCUT2D eigenvalue weighted by molar-refractivity contribution is 5.49. The highest BCUT2D eigenvalue weighted by atomic mass is 16.5. The smallest absolute Gasteiger partial charge is 0.168 e. The molecule has 0 saturated carbocycles. The molecule has 1 aliphatic rings. The van der Waals surface area contributed by atoms with Gasteiger partial charge in [-0.2, -0.15) is 0 Å². The topological polar surface area (TPSA) is 43.4 Å². The fraction of sp³-hybridized carbons (Fsp3) is 0.615. The third-order valence-corrected chi connectivity index (χ3v) is 2.81. The van der Waals surface area contributed by atoms with Gasteiger partial charge in [-0.15, -0.1) is 0 Å². The minimum atomic E-state index is 0.594. The van der Waals surface area contributed by atoms with Gasteiger partial charge in [0.1, 0.15) is 0 Å². The molecule has 1 unspecified atom stereocenters. The molecule has 0 amide bonds. The third-order valence-electron chi connectivity index (χ3n) is 2.81. The SMILES string of the molecule is CCCOc1cccnc1NCC1CCOC1. The third kappa shape index (κ3) is 3.60. The Bertz CT molecular complexity index is 338. The van der Waals surface area contributed by atoms with Crippen LogP contribution in [0.3, 0.4) is 0 Å². The second-order valence-corrected chi connectivity index (χ2v) is 4.31. The number of pyridine rings is 1. The minimum Gasteiger partial charge on any atom is -0.490 e. The van der Waals surface area contributed by atoms with Crippen LogP contribution in [0.1, 0.15) is 19.8 Å². The summed E-state index contributed by atoms with van der Waals surface area (Å²) in [6.07, 6.45) is 3.92. The minimum absolute atomic E-state index is 0.594. The maximum atomic E-state index is 5.65. The maximum Gasteiger partial charge on any atom is 0.168 e. The molecule has 0 spiro atoms. The van der Waals surface area contributed by atoms with Crippen LogP contribution in [0.15, 0.2) is 18.3 Å². The van der Waals surface area contributed by atoms with Gasteiger partial charge in [-0.25, -0.2) is 4.98 Å². The quantitative estimate of drug-likeness (QED) is 0.823. The molecule has 0 bridgehead atoms. The van der Waals surface area contributed by atoms with Gasteiger partial charge in [0.2, 0.25) is 0 Å². The second-order valence-electron chi connectivity index (χ2n) is 4.31. The molecule has 1 aromatic heterocycles. The zero-order valence-electron chi connectivity index (χ0n) is 10.3. The van der Waals surface area contributed by atoms with Crippen molar-refractivity contribution in [2.24, 2.45) is 5.92 Å². The van der Waals surface area contributed by atoms with Gasteiger partial charge in [0, 0.05) is 25.3 Å². The van der Waals surface area contributed by atoms with Crippen LogP contribution in [0, 0.1) is 5.92 Å². The van der Waals surface area contributed by atoms with E-state index in [2.05, 4.69) is 17.2 Å². The van der Waals surface area contributed by atoms with E-state index in [1.807, 2.05) is 12.1 Å². The van der Waals surface area contributed by atoms with Gasteiger partial charge in [0.25, 0.3) is 0 Å². The van der Waals surface area contributed by atoms with Crippen LogP contribution in [0.4, 0.5) is 5.82 Å². The average Bonchev–Trinajstić information content (AvgIpc) is 2.88. The zero-order valence-corrected chi connectivity index (χ0v) is 10.3. The van der Waals surface area contributed by atoms with E-state index in [4.69, 9.17) is 9.47 Å².